The molecule has 1 unspecified atom stereocenters. The van der Waals surface area contributed by atoms with Gasteiger partial charge in [0.15, 0.2) is 0 Å². The Kier molecular flexibility index (Phi) is 7.34. The van der Waals surface area contributed by atoms with E-state index in [9.17, 15) is 19.5 Å². The second kappa shape index (κ2) is 9.87. The Balaban J connectivity index is 1.54. The maximum atomic E-state index is 12.6. The molecule has 34 heavy (non-hydrogen) atoms. The second-order valence-corrected chi connectivity index (χ2v) is 10.5. The summed E-state index contributed by atoms with van der Waals surface area (Å²) in [6.07, 6.45) is -0.138. The molecule has 2 aromatic carbocycles. The van der Waals surface area contributed by atoms with E-state index in [-0.39, 0.29) is 24.9 Å². The van der Waals surface area contributed by atoms with Crippen molar-refractivity contribution in [1.82, 2.24) is 10.6 Å². The summed E-state index contributed by atoms with van der Waals surface area (Å²) in [5, 5.41) is 14.8. The van der Waals surface area contributed by atoms with E-state index in [2.05, 4.69) is 34.9 Å². The number of rotatable bonds is 8. The van der Waals surface area contributed by atoms with Gasteiger partial charge in [0.1, 0.15) is 12.6 Å². The molecule has 0 saturated carbocycles. The van der Waals surface area contributed by atoms with Gasteiger partial charge in [0.05, 0.1) is 0 Å². The van der Waals surface area contributed by atoms with Crippen molar-refractivity contribution in [3.8, 4) is 11.1 Å². The number of benzene rings is 2. The van der Waals surface area contributed by atoms with Crippen LogP contribution in [0.3, 0.4) is 0 Å². The second-order valence-electron chi connectivity index (χ2n) is 10.5. The molecule has 1 atom stereocenters. The van der Waals surface area contributed by atoms with Gasteiger partial charge in [-0.2, -0.15) is 0 Å². The zero-order valence-electron chi connectivity index (χ0n) is 20.5. The number of amides is 2. The van der Waals surface area contributed by atoms with Crippen LogP contribution in [0.25, 0.3) is 11.1 Å². The number of carboxylic acid groups (broad SMARTS) is 1. The highest BCUT2D eigenvalue weighted by molar-refractivity contribution is 5.84. The molecule has 0 heterocycles. The first-order valence-corrected chi connectivity index (χ1v) is 11.5. The van der Waals surface area contributed by atoms with E-state index in [0.717, 1.165) is 22.3 Å². The van der Waals surface area contributed by atoms with Crippen molar-refractivity contribution in [3.63, 3.8) is 0 Å². The van der Waals surface area contributed by atoms with E-state index >= 15 is 0 Å². The molecule has 0 saturated heterocycles. The SMILES string of the molecule is CC(C)(CCC(=O)NC(C(=O)O)C(C)(C)C)NC(=O)OCC1c2ccccc2-c2ccccc21. The zero-order chi connectivity index (χ0) is 25.1. The average Bonchev–Trinajstić information content (AvgIpc) is 3.07. The van der Waals surface area contributed by atoms with Gasteiger partial charge in [-0.15, -0.1) is 0 Å². The van der Waals surface area contributed by atoms with Crippen LogP contribution in [0.1, 0.15) is 64.5 Å². The summed E-state index contributed by atoms with van der Waals surface area (Å²) in [5.41, 5.74) is 3.27. The van der Waals surface area contributed by atoms with Gasteiger partial charge in [-0.05, 0) is 47.9 Å². The molecule has 182 valence electrons. The van der Waals surface area contributed by atoms with Crippen molar-refractivity contribution in [2.24, 2.45) is 5.41 Å². The van der Waals surface area contributed by atoms with Gasteiger partial charge in [0.25, 0.3) is 0 Å². The minimum Gasteiger partial charge on any atom is -0.480 e. The maximum absolute atomic E-state index is 12.6. The van der Waals surface area contributed by atoms with Crippen molar-refractivity contribution < 1.29 is 24.2 Å². The highest BCUT2D eigenvalue weighted by atomic mass is 16.5. The molecule has 0 aromatic heterocycles. The fraction of sp³-hybridized carbons (Fsp3) is 0.444. The lowest BCUT2D eigenvalue weighted by Gasteiger charge is -2.29. The Labute approximate surface area is 200 Å². The van der Waals surface area contributed by atoms with E-state index < -0.39 is 29.1 Å². The van der Waals surface area contributed by atoms with E-state index in [1.165, 1.54) is 0 Å². The summed E-state index contributed by atoms with van der Waals surface area (Å²) < 4.78 is 5.59. The van der Waals surface area contributed by atoms with Gasteiger partial charge < -0.3 is 20.5 Å². The van der Waals surface area contributed by atoms with Crippen LogP contribution in [-0.4, -0.2) is 41.3 Å². The van der Waals surface area contributed by atoms with Crippen molar-refractivity contribution in [2.75, 3.05) is 6.61 Å². The van der Waals surface area contributed by atoms with Crippen molar-refractivity contribution >= 4 is 18.0 Å². The lowest BCUT2D eigenvalue weighted by molar-refractivity contribution is -0.145. The Hall–Kier alpha value is -3.35. The molecule has 3 rings (SSSR count). The van der Waals surface area contributed by atoms with E-state index in [0.29, 0.717) is 6.42 Å². The van der Waals surface area contributed by atoms with Crippen LogP contribution in [0.4, 0.5) is 4.79 Å². The van der Waals surface area contributed by atoms with Crippen LogP contribution in [0.5, 0.6) is 0 Å². The molecule has 1 aliphatic carbocycles. The third kappa shape index (κ3) is 5.95. The van der Waals surface area contributed by atoms with Gasteiger partial charge in [-0.3, -0.25) is 4.79 Å². The van der Waals surface area contributed by atoms with Gasteiger partial charge in [0.2, 0.25) is 5.91 Å². The molecule has 0 spiro atoms. The molecule has 7 heteroatoms. The summed E-state index contributed by atoms with van der Waals surface area (Å²) in [5.74, 6) is -1.47. The first-order valence-electron chi connectivity index (χ1n) is 11.5. The van der Waals surface area contributed by atoms with Crippen molar-refractivity contribution in [2.45, 2.75) is 65.0 Å². The summed E-state index contributed by atoms with van der Waals surface area (Å²) in [6, 6.07) is 15.3. The molecule has 0 radical (unpaired) electrons. The van der Waals surface area contributed by atoms with Crippen LogP contribution in [0.2, 0.25) is 0 Å². The molecule has 3 N–H and O–H groups in total. The number of carbonyl (C=O) groups excluding carboxylic acids is 2. The fourth-order valence-corrected chi connectivity index (χ4v) is 4.28. The first-order chi connectivity index (χ1) is 15.9. The molecule has 7 nitrogen and oxygen atoms in total. The average molecular weight is 467 g/mol. The topological polar surface area (TPSA) is 105 Å². The third-order valence-electron chi connectivity index (χ3n) is 6.18. The minimum absolute atomic E-state index is 0.0302. The lowest BCUT2D eigenvalue weighted by Crippen LogP contribution is -2.50. The molecular weight excluding hydrogens is 432 g/mol. The van der Waals surface area contributed by atoms with Gasteiger partial charge in [0, 0.05) is 17.9 Å². The Morgan fingerprint density at radius 2 is 1.47 bits per heavy atom. The van der Waals surface area contributed by atoms with Gasteiger partial charge >= 0.3 is 12.1 Å². The van der Waals surface area contributed by atoms with Crippen molar-refractivity contribution in [1.29, 1.82) is 0 Å². The first kappa shape index (κ1) is 25.3. The molecule has 1 aliphatic rings. The van der Waals surface area contributed by atoms with E-state index in [1.54, 1.807) is 34.6 Å². The van der Waals surface area contributed by atoms with Crippen LogP contribution < -0.4 is 10.6 Å². The Morgan fingerprint density at radius 1 is 0.941 bits per heavy atom. The predicted molar refractivity (Wildman–Crippen MR) is 131 cm³/mol. The van der Waals surface area contributed by atoms with Crippen LogP contribution in [0, 0.1) is 5.41 Å². The lowest BCUT2D eigenvalue weighted by atomic mass is 9.86. The quantitative estimate of drug-likeness (QED) is 0.523. The highest BCUT2D eigenvalue weighted by Crippen LogP contribution is 2.44. The Bertz CT molecular complexity index is 1030. The summed E-state index contributed by atoms with van der Waals surface area (Å²) >= 11 is 0. The number of ether oxygens (including phenoxy) is 1. The van der Waals surface area contributed by atoms with Crippen molar-refractivity contribution in [3.05, 3.63) is 59.7 Å². The van der Waals surface area contributed by atoms with E-state index in [1.807, 2.05) is 24.3 Å². The van der Waals surface area contributed by atoms with Gasteiger partial charge in [-0.25, -0.2) is 9.59 Å². The largest absolute Gasteiger partial charge is 0.480 e. The van der Waals surface area contributed by atoms with E-state index in [4.69, 9.17) is 4.74 Å². The van der Waals surface area contributed by atoms with Gasteiger partial charge in [-0.1, -0.05) is 69.3 Å². The third-order valence-corrected chi connectivity index (χ3v) is 6.18. The summed E-state index contributed by atoms with van der Waals surface area (Å²) in [6.45, 7) is 9.10. The number of carbonyl (C=O) groups is 3. The molecule has 2 amide bonds. The van der Waals surface area contributed by atoms with Crippen LogP contribution in [-0.2, 0) is 14.3 Å². The normalized spacial score (nSPS) is 14.0. The number of carboxylic acids is 1. The molecule has 2 aromatic rings. The molecule has 0 bridgehead atoms. The smallest absolute Gasteiger partial charge is 0.407 e. The number of alkyl carbamates (subject to hydrolysis) is 1. The van der Waals surface area contributed by atoms with Crippen LogP contribution in [0.15, 0.2) is 48.5 Å². The summed E-state index contributed by atoms with van der Waals surface area (Å²) in [7, 11) is 0. The molecule has 0 fully saturated rings. The number of aliphatic carboxylic acids is 1. The molecular formula is C27H34N2O5. The van der Waals surface area contributed by atoms with Crippen LogP contribution >= 0.6 is 0 Å². The predicted octanol–water partition coefficient (Wildman–Crippen LogP) is 4.70. The fourth-order valence-electron chi connectivity index (χ4n) is 4.28. The number of hydrogen-bond acceptors (Lipinski definition) is 4. The zero-order valence-corrected chi connectivity index (χ0v) is 20.5. The molecule has 0 aliphatic heterocycles. The number of hydrogen-bond donors (Lipinski definition) is 3. The maximum Gasteiger partial charge on any atom is 0.407 e. The number of fused-ring (bicyclic) bond motifs is 3. The summed E-state index contributed by atoms with van der Waals surface area (Å²) in [4.78, 5) is 36.4. The Morgan fingerprint density at radius 3 is 1.97 bits per heavy atom. The number of nitrogens with one attached hydrogen (secondary N) is 2. The monoisotopic (exact) mass is 466 g/mol. The minimum atomic E-state index is -1.07. The standard InChI is InChI=1S/C27H34N2O5/c1-26(2,3)23(24(31)32)28-22(30)14-15-27(4,5)29-25(33)34-16-21-19-12-8-6-10-17(19)18-11-7-9-13-20(18)21/h6-13,21,23H,14-16H2,1-5H3,(H,28,30)(H,29,33)(H,31,32). The highest BCUT2D eigenvalue weighted by Gasteiger charge is 2.33.